The van der Waals surface area contributed by atoms with E-state index in [2.05, 4.69) is 22.3 Å². The van der Waals surface area contributed by atoms with E-state index in [4.69, 9.17) is 5.73 Å². The highest BCUT2D eigenvalue weighted by Gasteiger charge is 2.32. The molecule has 1 amide bonds. The maximum Gasteiger partial charge on any atom is 0.237 e. The Hall–Kier alpha value is -1.08. The third-order valence-electron chi connectivity index (χ3n) is 2.78. The molecule has 18 heavy (non-hydrogen) atoms. The first-order valence-electron chi connectivity index (χ1n) is 5.94. The van der Waals surface area contributed by atoms with E-state index in [0.29, 0.717) is 13.0 Å². The van der Waals surface area contributed by atoms with Crippen LogP contribution in [0.3, 0.4) is 0 Å². The summed E-state index contributed by atoms with van der Waals surface area (Å²) in [5, 5.41) is 8.22. The average Bonchev–Trinajstić information content (AvgIpc) is 2.64. The zero-order chi connectivity index (χ0) is 13.8. The van der Waals surface area contributed by atoms with Crippen molar-refractivity contribution in [2.75, 3.05) is 6.54 Å². The van der Waals surface area contributed by atoms with Gasteiger partial charge in [0.05, 0.1) is 5.54 Å². The monoisotopic (exact) mass is 271 g/mol. The Balaban J connectivity index is 2.65. The molecule has 0 aliphatic rings. The van der Waals surface area contributed by atoms with Gasteiger partial charge in [0.25, 0.3) is 0 Å². The van der Waals surface area contributed by atoms with E-state index >= 15 is 0 Å². The third kappa shape index (κ3) is 3.71. The first-order chi connectivity index (χ1) is 8.39. The van der Waals surface area contributed by atoms with Gasteiger partial charge in [-0.15, -0.1) is 0 Å². The molecule has 0 spiro atoms. The molecular formula is C11H21N5OS. The van der Waals surface area contributed by atoms with Crippen molar-refractivity contribution >= 4 is 17.7 Å². The van der Waals surface area contributed by atoms with Crippen molar-refractivity contribution in [2.45, 2.75) is 43.1 Å². The summed E-state index contributed by atoms with van der Waals surface area (Å²) in [6.45, 7) is 6.56. The molecule has 1 aromatic heterocycles. The molecule has 1 aromatic rings. The number of aromatic nitrogens is 3. The molecule has 3 N–H and O–H groups in total. The summed E-state index contributed by atoms with van der Waals surface area (Å²) in [6.07, 6.45) is 2.17. The summed E-state index contributed by atoms with van der Waals surface area (Å²) in [5.74, 6) is -0.324. The van der Waals surface area contributed by atoms with Gasteiger partial charge >= 0.3 is 0 Å². The smallest absolute Gasteiger partial charge is 0.237 e. The van der Waals surface area contributed by atoms with Gasteiger partial charge in [-0.1, -0.05) is 25.6 Å². The number of primary amides is 1. The van der Waals surface area contributed by atoms with Crippen molar-refractivity contribution in [3.8, 4) is 0 Å². The van der Waals surface area contributed by atoms with Gasteiger partial charge in [0.1, 0.15) is 6.33 Å². The third-order valence-corrected chi connectivity index (χ3v) is 3.93. The topological polar surface area (TPSA) is 85.8 Å². The summed E-state index contributed by atoms with van der Waals surface area (Å²) < 4.78 is 1.72. The van der Waals surface area contributed by atoms with Gasteiger partial charge in [0.2, 0.25) is 5.91 Å². The van der Waals surface area contributed by atoms with Crippen molar-refractivity contribution in [3.05, 3.63) is 6.33 Å². The van der Waals surface area contributed by atoms with Crippen molar-refractivity contribution in [2.24, 2.45) is 12.8 Å². The number of likely N-dealkylation sites (N-methyl/N-ethyl adjacent to an activating group) is 1. The standard InChI is InChI=1S/C11H21N5OS/c1-5-14-11(3,9(12)17)6-8(2)18-10-13-7-15-16(10)4/h7-8,14H,5-6H2,1-4H3,(H2,12,17). The minimum Gasteiger partial charge on any atom is -0.368 e. The lowest BCUT2D eigenvalue weighted by Gasteiger charge is -2.29. The summed E-state index contributed by atoms with van der Waals surface area (Å²) in [6, 6.07) is 0. The van der Waals surface area contributed by atoms with Gasteiger partial charge in [0.15, 0.2) is 5.16 Å². The van der Waals surface area contributed by atoms with Crippen LogP contribution in [0.15, 0.2) is 11.5 Å². The minimum absolute atomic E-state index is 0.212. The molecule has 1 heterocycles. The van der Waals surface area contributed by atoms with E-state index in [9.17, 15) is 4.79 Å². The Morgan fingerprint density at radius 2 is 2.39 bits per heavy atom. The Labute approximate surface area is 112 Å². The van der Waals surface area contributed by atoms with Gasteiger partial charge in [-0.3, -0.25) is 4.79 Å². The molecule has 7 heteroatoms. The van der Waals surface area contributed by atoms with Crippen LogP contribution in [-0.2, 0) is 11.8 Å². The van der Waals surface area contributed by atoms with Crippen LogP contribution in [0.2, 0.25) is 0 Å². The normalized spacial score (nSPS) is 16.2. The quantitative estimate of drug-likeness (QED) is 0.707. The van der Waals surface area contributed by atoms with Crippen LogP contribution in [0.1, 0.15) is 27.2 Å². The largest absolute Gasteiger partial charge is 0.368 e. The Morgan fingerprint density at radius 1 is 1.72 bits per heavy atom. The lowest BCUT2D eigenvalue weighted by molar-refractivity contribution is -0.124. The number of hydrogen-bond donors (Lipinski definition) is 2. The van der Waals surface area contributed by atoms with E-state index in [1.807, 2.05) is 20.9 Å². The lowest BCUT2D eigenvalue weighted by atomic mass is 9.95. The molecule has 0 aliphatic heterocycles. The highest BCUT2D eigenvalue weighted by Crippen LogP contribution is 2.26. The molecule has 0 fully saturated rings. The number of carbonyl (C=O) groups excluding carboxylic acids is 1. The van der Waals surface area contributed by atoms with Gasteiger partial charge in [-0.05, 0) is 19.9 Å². The van der Waals surface area contributed by atoms with E-state index in [1.165, 1.54) is 6.33 Å². The second-order valence-corrected chi connectivity index (χ2v) is 5.93. The number of amides is 1. The van der Waals surface area contributed by atoms with Crippen LogP contribution in [-0.4, -0.2) is 38.0 Å². The molecule has 2 atom stereocenters. The highest BCUT2D eigenvalue weighted by molar-refractivity contribution is 7.99. The zero-order valence-corrected chi connectivity index (χ0v) is 12.1. The molecule has 0 aromatic carbocycles. The van der Waals surface area contributed by atoms with Crippen molar-refractivity contribution < 1.29 is 4.79 Å². The lowest BCUT2D eigenvalue weighted by Crippen LogP contribution is -2.54. The Morgan fingerprint density at radius 3 is 2.83 bits per heavy atom. The second-order valence-electron chi connectivity index (χ2n) is 4.53. The SMILES string of the molecule is CCNC(C)(CC(C)Sc1ncnn1C)C(N)=O. The molecular weight excluding hydrogens is 250 g/mol. The van der Waals surface area contributed by atoms with Gasteiger partial charge in [0, 0.05) is 12.3 Å². The van der Waals surface area contributed by atoms with Crippen LogP contribution in [0, 0.1) is 0 Å². The summed E-state index contributed by atoms with van der Waals surface area (Å²) in [4.78, 5) is 15.7. The van der Waals surface area contributed by atoms with Crippen molar-refractivity contribution in [1.29, 1.82) is 0 Å². The Bertz CT molecular complexity index is 408. The van der Waals surface area contributed by atoms with Crippen LogP contribution in [0.5, 0.6) is 0 Å². The number of hydrogen-bond acceptors (Lipinski definition) is 5. The van der Waals surface area contributed by atoms with Gasteiger partial charge in [-0.25, -0.2) is 9.67 Å². The zero-order valence-electron chi connectivity index (χ0n) is 11.3. The average molecular weight is 271 g/mol. The molecule has 0 radical (unpaired) electrons. The van der Waals surface area contributed by atoms with Gasteiger partial charge < -0.3 is 11.1 Å². The maximum absolute atomic E-state index is 11.5. The van der Waals surface area contributed by atoms with Crippen molar-refractivity contribution in [3.63, 3.8) is 0 Å². The molecule has 0 aliphatic carbocycles. The summed E-state index contributed by atoms with van der Waals surface area (Å²) in [7, 11) is 1.85. The number of carbonyl (C=O) groups is 1. The molecule has 2 unspecified atom stereocenters. The number of rotatable bonds is 7. The molecule has 0 saturated carbocycles. The number of aryl methyl sites for hydroxylation is 1. The highest BCUT2D eigenvalue weighted by atomic mass is 32.2. The number of nitrogens with zero attached hydrogens (tertiary/aromatic N) is 3. The van der Waals surface area contributed by atoms with E-state index in [1.54, 1.807) is 16.4 Å². The number of nitrogens with two attached hydrogens (primary N) is 1. The fraction of sp³-hybridized carbons (Fsp3) is 0.727. The van der Waals surface area contributed by atoms with Crippen molar-refractivity contribution in [1.82, 2.24) is 20.1 Å². The summed E-state index contributed by atoms with van der Waals surface area (Å²) in [5.41, 5.74) is 4.78. The predicted octanol–water partition coefficient (Wildman–Crippen LogP) is 0.539. The number of nitrogens with one attached hydrogen (secondary N) is 1. The van der Waals surface area contributed by atoms with Gasteiger partial charge in [-0.2, -0.15) is 5.10 Å². The first kappa shape index (κ1) is 15.0. The molecule has 6 nitrogen and oxygen atoms in total. The van der Waals surface area contributed by atoms with Crippen LogP contribution >= 0.6 is 11.8 Å². The van der Waals surface area contributed by atoms with E-state index in [-0.39, 0.29) is 11.2 Å². The van der Waals surface area contributed by atoms with Crippen LogP contribution < -0.4 is 11.1 Å². The molecule has 1 rings (SSSR count). The molecule has 0 saturated heterocycles. The molecule has 102 valence electrons. The Kier molecular flexibility index (Phi) is 5.15. The number of thioether (sulfide) groups is 1. The first-order valence-corrected chi connectivity index (χ1v) is 6.82. The second kappa shape index (κ2) is 6.19. The molecule has 0 bridgehead atoms. The van der Waals surface area contributed by atoms with E-state index < -0.39 is 5.54 Å². The predicted molar refractivity (Wildman–Crippen MR) is 72.2 cm³/mol. The van der Waals surface area contributed by atoms with Crippen LogP contribution in [0.25, 0.3) is 0 Å². The maximum atomic E-state index is 11.5. The minimum atomic E-state index is -0.681. The fourth-order valence-corrected chi connectivity index (χ4v) is 2.92. The van der Waals surface area contributed by atoms with Crippen LogP contribution in [0.4, 0.5) is 0 Å². The van der Waals surface area contributed by atoms with E-state index in [0.717, 1.165) is 5.16 Å². The fourth-order valence-electron chi connectivity index (χ4n) is 1.84. The summed E-state index contributed by atoms with van der Waals surface area (Å²) >= 11 is 1.59.